The van der Waals surface area contributed by atoms with Crippen LogP contribution in [0, 0.1) is 46.3 Å². The van der Waals surface area contributed by atoms with Crippen LogP contribution >= 0.6 is 0 Å². The third-order valence-electron chi connectivity index (χ3n) is 10.3. The molecule has 0 aromatic carbocycles. The molecular weight excluding hydrogens is 368 g/mol. The van der Waals surface area contributed by atoms with E-state index in [-0.39, 0.29) is 35.2 Å². The first-order valence-corrected chi connectivity index (χ1v) is 11.9. The van der Waals surface area contributed by atoms with E-state index in [4.69, 9.17) is 5.11 Å². The van der Waals surface area contributed by atoms with E-state index in [1.54, 1.807) is 0 Å². The quantitative estimate of drug-likeness (QED) is 0.571. The zero-order valence-corrected chi connectivity index (χ0v) is 18.3. The second kappa shape index (κ2) is 7.49. The fraction of sp³-hybridized carbons (Fsp3) is 0.958. The summed E-state index contributed by atoms with van der Waals surface area (Å²) in [4.78, 5) is 11.1. The van der Waals surface area contributed by atoms with Gasteiger partial charge in [0, 0.05) is 6.42 Å². The van der Waals surface area contributed by atoms with E-state index in [0.717, 1.165) is 44.9 Å². The van der Waals surface area contributed by atoms with Gasteiger partial charge in [0.2, 0.25) is 0 Å². The predicted octanol–water partition coefficient (Wildman–Crippen LogP) is 3.45. The summed E-state index contributed by atoms with van der Waals surface area (Å²) in [5, 5.41) is 41.7. The van der Waals surface area contributed by atoms with Crippen molar-refractivity contribution in [2.45, 2.75) is 96.9 Å². The van der Waals surface area contributed by atoms with Gasteiger partial charge in [-0.15, -0.1) is 0 Å². The van der Waals surface area contributed by atoms with Gasteiger partial charge in [-0.05, 0) is 97.7 Å². The zero-order chi connectivity index (χ0) is 21.1. The van der Waals surface area contributed by atoms with Crippen LogP contribution in [-0.2, 0) is 4.79 Å². The molecule has 0 radical (unpaired) electrons. The van der Waals surface area contributed by atoms with Crippen LogP contribution in [0.3, 0.4) is 0 Å². The maximum Gasteiger partial charge on any atom is 0.303 e. The molecule has 0 bridgehead atoms. The molecule has 4 N–H and O–H groups in total. The van der Waals surface area contributed by atoms with Crippen LogP contribution in [0.2, 0.25) is 0 Å². The van der Waals surface area contributed by atoms with Gasteiger partial charge in [-0.2, -0.15) is 0 Å². The number of carboxylic acid groups (broad SMARTS) is 1. The van der Waals surface area contributed by atoms with E-state index in [0.29, 0.717) is 30.1 Å². The monoisotopic (exact) mass is 408 g/mol. The topological polar surface area (TPSA) is 98.0 Å². The normalized spacial score (nSPS) is 52.9. The minimum absolute atomic E-state index is 0.00309. The van der Waals surface area contributed by atoms with E-state index < -0.39 is 18.2 Å². The summed E-state index contributed by atoms with van der Waals surface area (Å²) in [6.45, 7) is 6.89. The lowest BCUT2D eigenvalue weighted by molar-refractivity contribution is -0.223. The minimum atomic E-state index is -0.748. The predicted molar refractivity (Wildman–Crippen MR) is 110 cm³/mol. The van der Waals surface area contributed by atoms with Gasteiger partial charge in [-0.3, -0.25) is 4.79 Å². The number of rotatable bonds is 4. The molecule has 0 unspecified atom stereocenters. The Bertz CT molecular complexity index is 637. The van der Waals surface area contributed by atoms with Crippen molar-refractivity contribution in [1.82, 2.24) is 0 Å². The molecule has 0 aliphatic heterocycles. The summed E-state index contributed by atoms with van der Waals surface area (Å²) < 4.78 is 0. The standard InChI is InChI=1S/C24H40O5/c1-13(4-7-19(26)27)15-5-6-16-20-17(9-11-23(15,16)2)24(3)10-8-14(25)12-18(24)21(28)22(20)29/h13-18,20-22,25,28-29H,4-12H2,1-3H3,(H,26,27)/t13-,14-,15-,16-,17-,18-,20-,21+,22+,23-,24-/m1/s1. The average Bonchev–Trinajstić information content (AvgIpc) is 3.02. The molecule has 4 fully saturated rings. The SMILES string of the molecule is C[C@H](CCC(=O)O)[C@H]1CC[C@@H]2[C@H]3[C@H](O)[C@@H](O)[C@H]4C[C@H](O)CC[C@]4(C)[C@@H]3CC[C@@]21C. The number of aliphatic hydroxyl groups is 3. The Morgan fingerprint density at radius 1 is 0.931 bits per heavy atom. The number of hydrogen-bond acceptors (Lipinski definition) is 4. The number of carbonyl (C=O) groups is 1. The smallest absolute Gasteiger partial charge is 0.303 e. The van der Waals surface area contributed by atoms with Crippen molar-refractivity contribution in [2.75, 3.05) is 0 Å². The first-order chi connectivity index (χ1) is 13.6. The van der Waals surface area contributed by atoms with Crippen molar-refractivity contribution in [3.63, 3.8) is 0 Å². The van der Waals surface area contributed by atoms with E-state index >= 15 is 0 Å². The number of fused-ring (bicyclic) bond motifs is 5. The van der Waals surface area contributed by atoms with Crippen molar-refractivity contribution < 1.29 is 25.2 Å². The third kappa shape index (κ3) is 3.27. The molecule has 4 aliphatic rings. The molecule has 11 atom stereocenters. The number of hydrogen-bond donors (Lipinski definition) is 4. The van der Waals surface area contributed by atoms with Gasteiger partial charge < -0.3 is 20.4 Å². The van der Waals surface area contributed by atoms with Crippen LogP contribution < -0.4 is 0 Å². The lowest BCUT2D eigenvalue weighted by Crippen LogP contribution is -2.64. The van der Waals surface area contributed by atoms with Gasteiger partial charge in [0.25, 0.3) is 0 Å². The second-order valence-electron chi connectivity index (χ2n) is 11.5. The number of carboxylic acids is 1. The highest BCUT2D eigenvalue weighted by atomic mass is 16.4. The zero-order valence-electron chi connectivity index (χ0n) is 18.3. The molecule has 0 aromatic rings. The molecule has 166 valence electrons. The van der Waals surface area contributed by atoms with E-state index in [1.165, 1.54) is 0 Å². The van der Waals surface area contributed by atoms with Crippen LogP contribution in [0.15, 0.2) is 0 Å². The third-order valence-corrected chi connectivity index (χ3v) is 10.3. The molecule has 0 saturated heterocycles. The summed E-state index contributed by atoms with van der Waals surface area (Å²) >= 11 is 0. The molecule has 4 saturated carbocycles. The molecule has 5 nitrogen and oxygen atoms in total. The van der Waals surface area contributed by atoms with Crippen molar-refractivity contribution >= 4 is 5.97 Å². The van der Waals surface area contributed by atoms with Crippen molar-refractivity contribution in [1.29, 1.82) is 0 Å². The molecular formula is C24H40O5. The Morgan fingerprint density at radius 2 is 1.59 bits per heavy atom. The molecule has 29 heavy (non-hydrogen) atoms. The lowest BCUT2D eigenvalue weighted by atomic mass is 9.43. The van der Waals surface area contributed by atoms with Crippen molar-refractivity contribution in [3.8, 4) is 0 Å². The Kier molecular flexibility index (Phi) is 5.57. The minimum Gasteiger partial charge on any atom is -0.481 e. The molecule has 4 rings (SSSR count). The largest absolute Gasteiger partial charge is 0.481 e. The molecule has 0 aromatic heterocycles. The van der Waals surface area contributed by atoms with E-state index in [1.807, 2.05) is 0 Å². The van der Waals surface area contributed by atoms with Gasteiger partial charge in [-0.25, -0.2) is 0 Å². The summed E-state index contributed by atoms with van der Waals surface area (Å²) in [7, 11) is 0. The van der Waals surface area contributed by atoms with Gasteiger partial charge in [0.15, 0.2) is 0 Å². The molecule has 0 spiro atoms. The average molecular weight is 409 g/mol. The van der Waals surface area contributed by atoms with Crippen LogP contribution in [0.4, 0.5) is 0 Å². The molecule has 4 aliphatic carbocycles. The van der Waals surface area contributed by atoms with Gasteiger partial charge in [0.1, 0.15) is 0 Å². The number of aliphatic carboxylic acids is 1. The summed E-state index contributed by atoms with van der Waals surface area (Å²) in [5.74, 6) is 1.06. The van der Waals surface area contributed by atoms with E-state index in [9.17, 15) is 20.1 Å². The highest BCUT2D eigenvalue weighted by molar-refractivity contribution is 5.66. The molecule has 5 heteroatoms. The Labute approximate surface area is 174 Å². The van der Waals surface area contributed by atoms with Crippen LogP contribution in [0.25, 0.3) is 0 Å². The van der Waals surface area contributed by atoms with E-state index in [2.05, 4.69) is 20.8 Å². The maximum atomic E-state index is 11.3. The van der Waals surface area contributed by atoms with Crippen LogP contribution in [0.1, 0.15) is 78.6 Å². The summed E-state index contributed by atoms with van der Waals surface area (Å²) in [6, 6.07) is 0. The fourth-order valence-electron chi connectivity index (χ4n) is 8.77. The first-order valence-electron chi connectivity index (χ1n) is 11.9. The van der Waals surface area contributed by atoms with Gasteiger partial charge in [0.05, 0.1) is 18.3 Å². The highest BCUT2D eigenvalue weighted by Crippen LogP contribution is 2.68. The second-order valence-corrected chi connectivity index (χ2v) is 11.5. The van der Waals surface area contributed by atoms with Crippen LogP contribution in [-0.4, -0.2) is 44.7 Å². The first kappa shape index (κ1) is 21.6. The highest BCUT2D eigenvalue weighted by Gasteiger charge is 2.65. The Balaban J connectivity index is 1.59. The Hall–Kier alpha value is -0.650. The summed E-state index contributed by atoms with van der Waals surface area (Å²) in [6.07, 6.45) is 5.87. The summed E-state index contributed by atoms with van der Waals surface area (Å²) in [5.41, 5.74) is 0.119. The molecule has 0 amide bonds. The Morgan fingerprint density at radius 3 is 2.28 bits per heavy atom. The lowest BCUT2D eigenvalue weighted by Gasteiger charge is -2.63. The van der Waals surface area contributed by atoms with Crippen LogP contribution in [0.5, 0.6) is 0 Å². The van der Waals surface area contributed by atoms with Gasteiger partial charge >= 0.3 is 5.97 Å². The maximum absolute atomic E-state index is 11.3. The van der Waals surface area contributed by atoms with Crippen molar-refractivity contribution in [3.05, 3.63) is 0 Å². The van der Waals surface area contributed by atoms with Gasteiger partial charge in [-0.1, -0.05) is 20.8 Å². The molecule has 0 heterocycles. The number of aliphatic hydroxyl groups excluding tert-OH is 3. The van der Waals surface area contributed by atoms with Crippen molar-refractivity contribution in [2.24, 2.45) is 46.3 Å². The fourth-order valence-corrected chi connectivity index (χ4v) is 8.77.